The van der Waals surface area contributed by atoms with Gasteiger partial charge in [-0.3, -0.25) is 0 Å². The minimum atomic E-state index is -1.81. The Kier molecular flexibility index (Phi) is 13.0. The van der Waals surface area contributed by atoms with Gasteiger partial charge in [-0.25, -0.2) is 9.59 Å². The Morgan fingerprint density at radius 2 is 1.40 bits per heavy atom. The van der Waals surface area contributed by atoms with E-state index in [0.717, 1.165) is 0 Å². The molecule has 0 saturated carbocycles. The molecule has 0 spiro atoms. The molecule has 48 valence electrons. The monoisotopic (exact) mass is 166 g/mol. The molecule has 0 unspecified atom stereocenters. The summed E-state index contributed by atoms with van der Waals surface area (Å²) in [6, 6.07) is 0. The molecule has 5 nitrogen and oxygen atoms in total. The molecule has 2 N–H and O–H groups in total. The fraction of sp³-hybridized carbons (Fsp3) is 0.333. The van der Waals surface area contributed by atoms with E-state index in [2.05, 4.69) is 4.74 Å². The molecule has 0 aliphatic carbocycles. The van der Waals surface area contributed by atoms with Gasteiger partial charge in [0.25, 0.3) is 0 Å². The zero-order chi connectivity index (χ0) is 8.57. The quantitative estimate of drug-likeness (QED) is 0.302. The topological polar surface area (TPSA) is 83.8 Å². The molecule has 0 atom stereocenters. The second kappa shape index (κ2) is 9.74. The van der Waals surface area contributed by atoms with E-state index in [0.29, 0.717) is 0 Å². The fourth-order valence-electron chi connectivity index (χ4n) is 0.0747. The van der Waals surface area contributed by atoms with Crippen LogP contribution in [0.4, 0.5) is 9.59 Å². The molecule has 0 aliphatic rings. The number of hydrogen-bond donors (Lipinski definition) is 2. The first-order valence-electron chi connectivity index (χ1n) is 2.68. The first-order valence-corrected chi connectivity index (χ1v) is 5.51. The molecule has 0 saturated heterocycles. The first kappa shape index (κ1) is 13.3. The van der Waals surface area contributed by atoms with Crippen molar-refractivity contribution in [3.63, 3.8) is 0 Å². The van der Waals surface area contributed by atoms with E-state index in [1.54, 1.807) is 0 Å². The van der Waals surface area contributed by atoms with Crippen LogP contribution >= 0.6 is 0 Å². The minimum absolute atomic E-state index is 1.43. The summed E-state index contributed by atoms with van der Waals surface area (Å²) in [7, 11) is 0. The third kappa shape index (κ3) is 23.3. The van der Waals surface area contributed by atoms with Gasteiger partial charge in [0, 0.05) is 0 Å². The molecule has 0 amide bonds. The van der Waals surface area contributed by atoms with Crippen LogP contribution in [-0.4, -0.2) is 78.4 Å². The van der Waals surface area contributed by atoms with Gasteiger partial charge >= 0.3 is 69.1 Å². The van der Waals surface area contributed by atoms with Crippen LogP contribution in [0.1, 0.15) is 0 Å². The van der Waals surface area contributed by atoms with Crippen LogP contribution in [0.15, 0.2) is 0 Å². The van der Waals surface area contributed by atoms with E-state index < -0.39 is 12.3 Å². The van der Waals surface area contributed by atoms with Crippen LogP contribution in [0, 0.1) is 0 Å². The maximum atomic E-state index is 9.21. The molecule has 0 bridgehead atoms. The van der Waals surface area contributed by atoms with E-state index in [9.17, 15) is 9.59 Å². The van der Waals surface area contributed by atoms with Gasteiger partial charge in [-0.05, 0) is 0 Å². The average molecular weight is 166 g/mol. The maximum absolute atomic E-state index is 9.21. The van der Waals surface area contributed by atoms with Crippen LogP contribution in [0.2, 0.25) is 0.920 Å². The molecular formula is C3H4Na2O5. The summed E-state index contributed by atoms with van der Waals surface area (Å²) in [4.78, 5) is 18.4. The number of carbonyl (C=O) groups is 2. The zero-order valence-electron chi connectivity index (χ0n) is 5.83. The van der Waals surface area contributed by atoms with Gasteiger partial charge in [-0.2, -0.15) is 0 Å². The van der Waals surface area contributed by atoms with Crippen molar-refractivity contribution in [2.75, 3.05) is 0 Å². The predicted octanol–water partition coefficient (Wildman–Crippen LogP) is 0.0582. The van der Waals surface area contributed by atoms with E-state index >= 15 is 0 Å². The van der Waals surface area contributed by atoms with Crippen molar-refractivity contribution in [3.8, 4) is 0 Å². The van der Waals surface area contributed by atoms with Gasteiger partial charge in [-0.1, -0.05) is 0 Å². The van der Waals surface area contributed by atoms with E-state index in [1.807, 2.05) is 0 Å². The molecular weight excluding hydrogens is 162 g/mol. The van der Waals surface area contributed by atoms with E-state index in [-0.39, 0.29) is 0 Å². The molecule has 0 aromatic carbocycles. The van der Waals surface area contributed by atoms with Crippen LogP contribution in [0.25, 0.3) is 0 Å². The Bertz CT molecular complexity index is 101. The Morgan fingerprint density at radius 1 is 1.20 bits per heavy atom. The molecule has 0 radical (unpaired) electrons. The molecule has 10 heavy (non-hydrogen) atoms. The number of hydrogen-bond acceptors (Lipinski definition) is 3. The third-order valence-corrected chi connectivity index (χ3v) is 0.175. The fourth-order valence-corrected chi connectivity index (χ4v) is 0.0747. The Balaban J connectivity index is 0. The van der Waals surface area contributed by atoms with Gasteiger partial charge in [0.1, 0.15) is 0 Å². The third-order valence-electron chi connectivity index (χ3n) is 0.175. The second-order valence-electron chi connectivity index (χ2n) is 1.34. The van der Waals surface area contributed by atoms with E-state index in [1.165, 1.54) is 56.8 Å². The van der Waals surface area contributed by atoms with Crippen molar-refractivity contribution < 1.29 is 24.5 Å². The van der Waals surface area contributed by atoms with E-state index in [4.69, 9.17) is 10.2 Å². The second-order valence-corrected chi connectivity index (χ2v) is 7.00. The van der Waals surface area contributed by atoms with Crippen molar-refractivity contribution in [1.82, 2.24) is 0 Å². The zero-order valence-corrected chi connectivity index (χ0v) is 9.83. The van der Waals surface area contributed by atoms with Crippen LogP contribution < -0.4 is 0 Å². The summed E-state index contributed by atoms with van der Waals surface area (Å²) in [6.45, 7) is 0. The summed E-state index contributed by atoms with van der Waals surface area (Å²) < 4.78 is 4.61. The normalized spacial score (nSPS) is 7.20. The molecule has 0 aromatic rings. The van der Waals surface area contributed by atoms with Crippen molar-refractivity contribution >= 4 is 68.2 Å². The summed E-state index contributed by atoms with van der Waals surface area (Å²) in [6.07, 6.45) is -3.62. The number of ether oxygens (including phenoxy) is 1. The molecule has 0 heterocycles. The van der Waals surface area contributed by atoms with Gasteiger partial charge in [-0.15, -0.1) is 0 Å². The van der Waals surface area contributed by atoms with Crippen molar-refractivity contribution in [1.29, 1.82) is 0 Å². The van der Waals surface area contributed by atoms with Gasteiger partial charge in [0.05, 0.1) is 0 Å². The van der Waals surface area contributed by atoms with Crippen molar-refractivity contribution in [2.45, 2.75) is 0.920 Å². The number of carboxylic acid groups (broad SMARTS) is 2. The average Bonchev–Trinajstić information content (AvgIpc) is 1.62. The number of rotatable bonds is 0. The Morgan fingerprint density at radius 3 is 1.40 bits per heavy atom. The van der Waals surface area contributed by atoms with Gasteiger partial charge in [0.15, 0.2) is 0 Å². The molecule has 0 rings (SSSR count). The summed E-state index contributed by atoms with van der Waals surface area (Å²) in [5.74, 6) is 0. The standard InChI is InChI=1S/C2H2O5.CH2.2Na/c3-1(4)7-2(5)6;;;/h(H,3,4)(H,5,6);1H2;;. The van der Waals surface area contributed by atoms with Crippen LogP contribution in [-0.2, 0) is 4.74 Å². The summed E-state index contributed by atoms with van der Waals surface area (Å²) >= 11 is 2.86. The van der Waals surface area contributed by atoms with Crippen molar-refractivity contribution in [3.05, 3.63) is 0 Å². The Labute approximate surface area is 92.6 Å². The molecule has 0 fully saturated rings. The molecule has 0 aromatic heterocycles. The van der Waals surface area contributed by atoms with Crippen molar-refractivity contribution in [2.24, 2.45) is 0 Å². The van der Waals surface area contributed by atoms with Gasteiger partial charge < -0.3 is 14.9 Å². The SMILES string of the molecule is O=C(O)OC(=O)O.[Na][CH2][Na]. The molecule has 0 aliphatic heterocycles. The van der Waals surface area contributed by atoms with Crippen LogP contribution in [0.5, 0.6) is 0 Å². The Hall–Kier alpha value is 0.740. The summed E-state index contributed by atoms with van der Waals surface area (Å²) in [5.41, 5.74) is 0. The van der Waals surface area contributed by atoms with Gasteiger partial charge in [0.2, 0.25) is 0 Å². The first-order chi connectivity index (χ1) is 4.54. The summed E-state index contributed by atoms with van der Waals surface area (Å²) in [5, 5.41) is 15.0. The molecule has 7 heteroatoms. The predicted molar refractivity (Wildman–Crippen MR) is 33.4 cm³/mol. The van der Waals surface area contributed by atoms with Crippen LogP contribution in [0.3, 0.4) is 0 Å².